The van der Waals surface area contributed by atoms with Crippen molar-refractivity contribution in [2.45, 2.75) is 32.7 Å². The van der Waals surface area contributed by atoms with E-state index in [1.165, 1.54) is 6.92 Å². The molecule has 0 saturated heterocycles. The first-order chi connectivity index (χ1) is 16.5. The second-order valence-corrected chi connectivity index (χ2v) is 8.11. The van der Waals surface area contributed by atoms with E-state index in [-0.39, 0.29) is 24.3 Å². The van der Waals surface area contributed by atoms with Gasteiger partial charge in [0.2, 0.25) is 11.8 Å². The first-order valence-corrected chi connectivity index (χ1v) is 11.3. The first-order valence-electron chi connectivity index (χ1n) is 11.3. The molecule has 0 aliphatic rings. The van der Waals surface area contributed by atoms with E-state index in [9.17, 15) is 9.59 Å². The van der Waals surface area contributed by atoms with E-state index >= 15 is 0 Å². The number of anilines is 1. The van der Waals surface area contributed by atoms with Crippen LogP contribution in [0.15, 0.2) is 89.3 Å². The number of amides is 2. The molecular weight excluding hydrogens is 426 g/mol. The smallest absolute Gasteiger partial charge is 0.221 e. The maximum absolute atomic E-state index is 12.6. The highest BCUT2D eigenvalue weighted by atomic mass is 16.4. The van der Waals surface area contributed by atoms with E-state index in [2.05, 4.69) is 10.6 Å². The fourth-order valence-electron chi connectivity index (χ4n) is 3.75. The lowest BCUT2D eigenvalue weighted by Crippen LogP contribution is -2.26. The lowest BCUT2D eigenvalue weighted by Gasteiger charge is -2.15. The summed E-state index contributed by atoms with van der Waals surface area (Å²) in [6.45, 7) is 3.38. The molecule has 6 nitrogen and oxygen atoms in total. The summed E-state index contributed by atoms with van der Waals surface area (Å²) in [4.78, 5) is 28.7. The minimum atomic E-state index is -0.203. The van der Waals surface area contributed by atoms with Gasteiger partial charge < -0.3 is 15.1 Å². The standard InChI is InChI=1S/C28H27N3O3/c1-19(23-14-9-15-24(18-23)30-20(2)32)29-25(33)16-17-26-31-27(21-10-5-3-6-11-21)28(34-26)22-12-7-4-8-13-22/h3-15,18-19H,16-17H2,1-2H3,(H,29,33)(H,30,32)/t19-/m1/s1. The Morgan fingerprint density at radius 3 is 2.26 bits per heavy atom. The van der Waals surface area contributed by atoms with Crippen LogP contribution >= 0.6 is 0 Å². The topological polar surface area (TPSA) is 84.2 Å². The van der Waals surface area contributed by atoms with Crippen molar-refractivity contribution in [2.75, 3.05) is 5.32 Å². The molecule has 1 aromatic heterocycles. The van der Waals surface area contributed by atoms with Crippen molar-refractivity contribution in [2.24, 2.45) is 0 Å². The Kier molecular flexibility index (Phi) is 7.18. The normalized spacial score (nSPS) is 11.6. The van der Waals surface area contributed by atoms with Gasteiger partial charge in [0.15, 0.2) is 11.7 Å². The average molecular weight is 454 g/mol. The predicted octanol–water partition coefficient (Wildman–Crippen LogP) is 5.78. The van der Waals surface area contributed by atoms with Crippen molar-refractivity contribution in [3.8, 4) is 22.6 Å². The van der Waals surface area contributed by atoms with Crippen LogP contribution in [0.4, 0.5) is 5.69 Å². The van der Waals surface area contributed by atoms with Gasteiger partial charge in [-0.3, -0.25) is 9.59 Å². The van der Waals surface area contributed by atoms with Crippen LogP contribution in [0.2, 0.25) is 0 Å². The van der Waals surface area contributed by atoms with Gasteiger partial charge in [0.05, 0.1) is 6.04 Å². The molecule has 0 fully saturated rings. The highest BCUT2D eigenvalue weighted by Crippen LogP contribution is 2.32. The molecule has 34 heavy (non-hydrogen) atoms. The highest BCUT2D eigenvalue weighted by Gasteiger charge is 2.18. The Labute approximate surface area is 199 Å². The Morgan fingerprint density at radius 1 is 0.912 bits per heavy atom. The molecule has 0 aliphatic heterocycles. The van der Waals surface area contributed by atoms with Crippen LogP contribution in [0.5, 0.6) is 0 Å². The summed E-state index contributed by atoms with van der Waals surface area (Å²) in [5, 5.41) is 5.77. The maximum Gasteiger partial charge on any atom is 0.221 e. The SMILES string of the molecule is CC(=O)Nc1cccc([C@@H](C)NC(=O)CCc2nc(-c3ccccc3)c(-c3ccccc3)o2)c1. The van der Waals surface area contributed by atoms with Crippen LogP contribution in [0.3, 0.4) is 0 Å². The van der Waals surface area contributed by atoms with E-state index in [1.54, 1.807) is 0 Å². The van der Waals surface area contributed by atoms with Crippen LogP contribution in [-0.4, -0.2) is 16.8 Å². The average Bonchev–Trinajstić information content (AvgIpc) is 3.28. The van der Waals surface area contributed by atoms with Gasteiger partial charge >= 0.3 is 0 Å². The molecule has 4 aromatic rings. The van der Waals surface area contributed by atoms with Gasteiger partial charge in [-0.1, -0.05) is 72.8 Å². The number of hydrogen-bond donors (Lipinski definition) is 2. The zero-order valence-electron chi connectivity index (χ0n) is 19.2. The summed E-state index contributed by atoms with van der Waals surface area (Å²) in [6.07, 6.45) is 0.635. The number of carbonyl (C=O) groups excluding carboxylic acids is 2. The summed E-state index contributed by atoms with van der Waals surface area (Å²) < 4.78 is 6.12. The molecule has 2 amide bonds. The van der Waals surface area contributed by atoms with Crippen molar-refractivity contribution in [3.63, 3.8) is 0 Å². The van der Waals surface area contributed by atoms with Crippen LogP contribution in [0.1, 0.15) is 37.8 Å². The first kappa shape index (κ1) is 23.0. The number of rotatable bonds is 8. The van der Waals surface area contributed by atoms with Crippen LogP contribution in [-0.2, 0) is 16.0 Å². The Hall–Kier alpha value is -4.19. The highest BCUT2D eigenvalue weighted by molar-refractivity contribution is 5.88. The summed E-state index contributed by atoms with van der Waals surface area (Å²) in [5.74, 6) is 0.987. The lowest BCUT2D eigenvalue weighted by atomic mass is 10.1. The monoisotopic (exact) mass is 453 g/mol. The molecule has 0 unspecified atom stereocenters. The lowest BCUT2D eigenvalue weighted by molar-refractivity contribution is -0.121. The molecule has 0 aliphatic carbocycles. The third kappa shape index (κ3) is 5.78. The zero-order valence-corrected chi connectivity index (χ0v) is 19.2. The van der Waals surface area contributed by atoms with Crippen LogP contribution in [0.25, 0.3) is 22.6 Å². The maximum atomic E-state index is 12.6. The van der Waals surface area contributed by atoms with E-state index in [0.29, 0.717) is 23.8 Å². The minimum Gasteiger partial charge on any atom is -0.440 e. The van der Waals surface area contributed by atoms with Crippen molar-refractivity contribution >= 4 is 17.5 Å². The van der Waals surface area contributed by atoms with Crippen molar-refractivity contribution in [1.82, 2.24) is 10.3 Å². The fourth-order valence-corrected chi connectivity index (χ4v) is 3.75. The molecule has 6 heteroatoms. The summed E-state index contributed by atoms with van der Waals surface area (Å²) in [5.41, 5.74) is 4.29. The molecule has 172 valence electrons. The van der Waals surface area contributed by atoms with Crippen LogP contribution < -0.4 is 10.6 Å². The Bertz CT molecular complexity index is 1210. The largest absolute Gasteiger partial charge is 0.440 e. The van der Waals surface area contributed by atoms with Gasteiger partial charge in [-0.05, 0) is 24.6 Å². The van der Waals surface area contributed by atoms with E-state index < -0.39 is 0 Å². The molecule has 4 rings (SSSR count). The van der Waals surface area contributed by atoms with Gasteiger partial charge in [0, 0.05) is 36.6 Å². The molecule has 1 atom stereocenters. The second kappa shape index (κ2) is 10.6. The molecule has 0 bridgehead atoms. The summed E-state index contributed by atoms with van der Waals surface area (Å²) in [7, 11) is 0. The molecule has 0 spiro atoms. The fraction of sp³-hybridized carbons (Fsp3) is 0.179. The molecule has 1 heterocycles. The number of oxazole rings is 1. The number of benzene rings is 3. The molecule has 0 radical (unpaired) electrons. The minimum absolute atomic E-state index is 0.0989. The van der Waals surface area contributed by atoms with Gasteiger partial charge in [-0.25, -0.2) is 4.98 Å². The molecule has 2 N–H and O–H groups in total. The van der Waals surface area contributed by atoms with Crippen LogP contribution in [0, 0.1) is 0 Å². The van der Waals surface area contributed by atoms with E-state index in [4.69, 9.17) is 9.40 Å². The summed E-state index contributed by atoms with van der Waals surface area (Å²) >= 11 is 0. The van der Waals surface area contributed by atoms with E-state index in [0.717, 1.165) is 22.4 Å². The second-order valence-electron chi connectivity index (χ2n) is 8.11. The van der Waals surface area contributed by atoms with Gasteiger partial charge in [-0.15, -0.1) is 0 Å². The third-order valence-electron chi connectivity index (χ3n) is 5.41. The van der Waals surface area contributed by atoms with E-state index in [1.807, 2.05) is 91.9 Å². The predicted molar refractivity (Wildman–Crippen MR) is 133 cm³/mol. The number of hydrogen-bond acceptors (Lipinski definition) is 4. The molecule has 3 aromatic carbocycles. The third-order valence-corrected chi connectivity index (χ3v) is 5.41. The van der Waals surface area contributed by atoms with Gasteiger partial charge in [0.1, 0.15) is 5.69 Å². The van der Waals surface area contributed by atoms with Crippen molar-refractivity contribution in [3.05, 3.63) is 96.4 Å². The number of aromatic nitrogens is 1. The number of nitrogens with zero attached hydrogens (tertiary/aromatic N) is 1. The summed E-state index contributed by atoms with van der Waals surface area (Å²) in [6, 6.07) is 27.0. The van der Waals surface area contributed by atoms with Crippen molar-refractivity contribution in [1.29, 1.82) is 0 Å². The van der Waals surface area contributed by atoms with Gasteiger partial charge in [-0.2, -0.15) is 0 Å². The number of carbonyl (C=O) groups is 2. The Balaban J connectivity index is 1.45. The number of aryl methyl sites for hydroxylation is 1. The van der Waals surface area contributed by atoms with Crippen molar-refractivity contribution < 1.29 is 14.0 Å². The molecule has 0 saturated carbocycles. The quantitative estimate of drug-likeness (QED) is 0.354. The Morgan fingerprint density at radius 2 is 1.59 bits per heavy atom. The number of nitrogens with one attached hydrogen (secondary N) is 2. The zero-order chi connectivity index (χ0) is 23.9. The van der Waals surface area contributed by atoms with Gasteiger partial charge in [0.25, 0.3) is 0 Å². The molecular formula is C28H27N3O3.